The van der Waals surface area contributed by atoms with Gasteiger partial charge in [-0.15, -0.1) is 0 Å². The number of sulfonamides is 1. The lowest BCUT2D eigenvalue weighted by Gasteiger charge is -2.05. The molecule has 0 aliphatic rings. The fourth-order valence-corrected chi connectivity index (χ4v) is 3.50. The van der Waals surface area contributed by atoms with Crippen molar-refractivity contribution in [1.82, 2.24) is 14.6 Å². The smallest absolute Gasteiger partial charge is 0.238 e. The summed E-state index contributed by atoms with van der Waals surface area (Å²) in [6.07, 6.45) is 0.481. The average molecular weight is 394 g/mol. The molecule has 0 unspecified atom stereocenters. The highest BCUT2D eigenvalue weighted by molar-refractivity contribution is 7.89. The Bertz CT molecular complexity index is 1230. The maximum absolute atomic E-state index is 11.4. The van der Waals surface area contributed by atoms with Crippen molar-refractivity contribution in [1.29, 1.82) is 0 Å². The minimum absolute atomic E-state index is 0.0843. The lowest BCUT2D eigenvalue weighted by molar-refractivity contribution is 0.415. The first-order valence-electron chi connectivity index (χ1n) is 8.55. The van der Waals surface area contributed by atoms with Crippen LogP contribution in [0.5, 0.6) is 5.75 Å². The first-order chi connectivity index (χ1) is 13.4. The van der Waals surface area contributed by atoms with E-state index < -0.39 is 10.0 Å². The summed E-state index contributed by atoms with van der Waals surface area (Å²) in [5.74, 6) is 1.43. The van der Waals surface area contributed by atoms with Gasteiger partial charge in [0.25, 0.3) is 0 Å². The van der Waals surface area contributed by atoms with Crippen molar-refractivity contribution >= 4 is 15.7 Å². The quantitative estimate of drug-likeness (QED) is 0.561. The standard InChI is InChI=1S/C20H18N4O3S/c1-27-16-9-7-15(8-10-16)18-3-2-4-20-22-19(23-24(18)20)13-14-5-11-17(12-6-14)28(21,25)26/h2-12H,13H2,1H3,(H2,21,25,26). The number of pyridine rings is 1. The Hall–Kier alpha value is -3.23. The molecule has 0 spiro atoms. The summed E-state index contributed by atoms with van der Waals surface area (Å²) >= 11 is 0. The molecule has 142 valence electrons. The van der Waals surface area contributed by atoms with Gasteiger partial charge in [-0.05, 0) is 54.1 Å². The van der Waals surface area contributed by atoms with E-state index in [0.717, 1.165) is 28.2 Å². The van der Waals surface area contributed by atoms with E-state index in [4.69, 9.17) is 9.88 Å². The summed E-state index contributed by atoms with van der Waals surface area (Å²) in [4.78, 5) is 4.67. The fourth-order valence-electron chi connectivity index (χ4n) is 2.98. The van der Waals surface area contributed by atoms with Crippen molar-refractivity contribution < 1.29 is 13.2 Å². The van der Waals surface area contributed by atoms with E-state index in [1.54, 1.807) is 23.8 Å². The zero-order valence-electron chi connectivity index (χ0n) is 15.1. The summed E-state index contributed by atoms with van der Waals surface area (Å²) in [7, 11) is -2.06. The first-order valence-corrected chi connectivity index (χ1v) is 10.1. The SMILES string of the molecule is COc1ccc(-c2cccc3nc(Cc4ccc(S(N)(=O)=O)cc4)nn23)cc1. The Labute approximate surface area is 162 Å². The van der Waals surface area contributed by atoms with E-state index in [9.17, 15) is 8.42 Å². The van der Waals surface area contributed by atoms with Gasteiger partial charge in [-0.2, -0.15) is 5.10 Å². The minimum Gasteiger partial charge on any atom is -0.497 e. The van der Waals surface area contributed by atoms with Gasteiger partial charge in [-0.25, -0.2) is 23.1 Å². The Morgan fingerprint density at radius 1 is 1.00 bits per heavy atom. The van der Waals surface area contributed by atoms with Crippen LogP contribution >= 0.6 is 0 Å². The number of hydrogen-bond acceptors (Lipinski definition) is 5. The summed E-state index contributed by atoms with van der Waals surface area (Å²) in [6.45, 7) is 0. The predicted octanol–water partition coefficient (Wildman–Crippen LogP) is 2.64. The van der Waals surface area contributed by atoms with Gasteiger partial charge in [-0.3, -0.25) is 0 Å². The van der Waals surface area contributed by atoms with Crippen LogP contribution in [-0.2, 0) is 16.4 Å². The van der Waals surface area contributed by atoms with E-state index in [-0.39, 0.29) is 4.90 Å². The second-order valence-electron chi connectivity index (χ2n) is 6.30. The number of nitrogens with zero attached hydrogens (tertiary/aromatic N) is 3. The molecule has 0 saturated heterocycles. The molecule has 2 aromatic heterocycles. The summed E-state index contributed by atoms with van der Waals surface area (Å²) in [5.41, 5.74) is 3.56. The summed E-state index contributed by atoms with van der Waals surface area (Å²) in [6, 6.07) is 20.0. The van der Waals surface area contributed by atoms with Gasteiger partial charge in [0.15, 0.2) is 11.5 Å². The highest BCUT2D eigenvalue weighted by Gasteiger charge is 2.11. The highest BCUT2D eigenvalue weighted by Crippen LogP contribution is 2.23. The predicted molar refractivity (Wildman–Crippen MR) is 106 cm³/mol. The van der Waals surface area contributed by atoms with E-state index in [0.29, 0.717) is 12.2 Å². The Kier molecular flexibility index (Phi) is 4.58. The number of methoxy groups -OCH3 is 1. The van der Waals surface area contributed by atoms with Crippen LogP contribution < -0.4 is 9.88 Å². The van der Waals surface area contributed by atoms with Gasteiger partial charge in [-0.1, -0.05) is 18.2 Å². The van der Waals surface area contributed by atoms with Gasteiger partial charge in [0.2, 0.25) is 10.0 Å². The lowest BCUT2D eigenvalue weighted by atomic mass is 10.1. The molecule has 0 amide bonds. The zero-order valence-corrected chi connectivity index (χ0v) is 15.9. The number of rotatable bonds is 5. The number of benzene rings is 2. The molecule has 28 heavy (non-hydrogen) atoms. The van der Waals surface area contributed by atoms with Crippen LogP contribution in [0.4, 0.5) is 0 Å². The van der Waals surface area contributed by atoms with Gasteiger partial charge in [0.1, 0.15) is 5.75 Å². The average Bonchev–Trinajstić information content (AvgIpc) is 3.10. The molecular formula is C20H18N4O3S. The molecular weight excluding hydrogens is 376 g/mol. The molecule has 0 aliphatic carbocycles. The van der Waals surface area contributed by atoms with E-state index in [1.165, 1.54) is 12.1 Å². The summed E-state index contributed by atoms with van der Waals surface area (Å²) in [5, 5.41) is 9.77. The molecule has 2 N–H and O–H groups in total. The third kappa shape index (κ3) is 3.60. The number of primary sulfonamides is 1. The molecule has 0 radical (unpaired) electrons. The third-order valence-electron chi connectivity index (χ3n) is 4.40. The van der Waals surface area contributed by atoms with Gasteiger partial charge >= 0.3 is 0 Å². The van der Waals surface area contributed by atoms with Crippen molar-refractivity contribution in [3.05, 3.63) is 78.1 Å². The molecule has 0 aliphatic heterocycles. The van der Waals surface area contributed by atoms with E-state index in [1.807, 2.05) is 42.5 Å². The topological polar surface area (TPSA) is 99.6 Å². The van der Waals surface area contributed by atoms with Gasteiger partial charge < -0.3 is 4.74 Å². The molecule has 2 aromatic carbocycles. The summed E-state index contributed by atoms with van der Waals surface area (Å²) < 4.78 is 29.8. The molecule has 0 atom stereocenters. The van der Waals surface area contributed by atoms with Crippen molar-refractivity contribution in [3.63, 3.8) is 0 Å². The minimum atomic E-state index is -3.70. The van der Waals surface area contributed by atoms with Crippen LogP contribution in [0, 0.1) is 0 Å². The normalized spacial score (nSPS) is 11.6. The van der Waals surface area contributed by atoms with Crippen LogP contribution in [-0.4, -0.2) is 30.1 Å². The van der Waals surface area contributed by atoms with E-state index >= 15 is 0 Å². The Morgan fingerprint density at radius 3 is 2.36 bits per heavy atom. The zero-order chi connectivity index (χ0) is 19.7. The maximum Gasteiger partial charge on any atom is 0.238 e. The second kappa shape index (κ2) is 7.06. The molecule has 0 fully saturated rings. The molecule has 4 rings (SSSR count). The monoisotopic (exact) mass is 394 g/mol. The first kappa shape index (κ1) is 18.1. The van der Waals surface area contributed by atoms with Crippen LogP contribution in [0.15, 0.2) is 71.6 Å². The molecule has 2 heterocycles. The Balaban J connectivity index is 1.66. The lowest BCUT2D eigenvalue weighted by Crippen LogP contribution is -2.11. The maximum atomic E-state index is 11.4. The van der Waals surface area contributed by atoms with Gasteiger partial charge in [0.05, 0.1) is 17.7 Å². The third-order valence-corrected chi connectivity index (χ3v) is 5.33. The Morgan fingerprint density at radius 2 is 1.71 bits per heavy atom. The number of nitrogens with two attached hydrogens (primary N) is 1. The largest absolute Gasteiger partial charge is 0.497 e. The molecule has 0 saturated carbocycles. The van der Waals surface area contributed by atoms with Crippen molar-refractivity contribution in [2.45, 2.75) is 11.3 Å². The molecule has 0 bridgehead atoms. The van der Waals surface area contributed by atoms with Crippen molar-refractivity contribution in [2.75, 3.05) is 7.11 Å². The van der Waals surface area contributed by atoms with Crippen LogP contribution in [0.3, 0.4) is 0 Å². The number of fused-ring (bicyclic) bond motifs is 1. The molecule has 4 aromatic rings. The second-order valence-corrected chi connectivity index (χ2v) is 7.86. The van der Waals surface area contributed by atoms with E-state index in [2.05, 4.69) is 10.1 Å². The number of hydrogen-bond donors (Lipinski definition) is 1. The van der Waals surface area contributed by atoms with Crippen LogP contribution in [0.1, 0.15) is 11.4 Å². The molecule has 7 nitrogen and oxygen atoms in total. The van der Waals surface area contributed by atoms with Crippen molar-refractivity contribution in [2.24, 2.45) is 5.14 Å². The van der Waals surface area contributed by atoms with Gasteiger partial charge in [0, 0.05) is 12.0 Å². The number of ether oxygens (including phenoxy) is 1. The van der Waals surface area contributed by atoms with Crippen LogP contribution in [0.25, 0.3) is 16.9 Å². The molecule has 8 heteroatoms. The fraction of sp³-hybridized carbons (Fsp3) is 0.100. The van der Waals surface area contributed by atoms with Crippen LogP contribution in [0.2, 0.25) is 0 Å². The highest BCUT2D eigenvalue weighted by atomic mass is 32.2. The number of aromatic nitrogens is 3. The van der Waals surface area contributed by atoms with Crippen molar-refractivity contribution in [3.8, 4) is 17.0 Å².